The molecule has 0 saturated carbocycles. The minimum absolute atomic E-state index is 0.523. The number of nitrogens with zero attached hydrogens (tertiary/aromatic N) is 2. The first-order valence-electron chi connectivity index (χ1n) is 5.57. The predicted molar refractivity (Wildman–Crippen MR) is 78.4 cm³/mol. The summed E-state index contributed by atoms with van der Waals surface area (Å²) >= 11 is 3.41. The van der Waals surface area contributed by atoms with Gasteiger partial charge in [0.25, 0.3) is 0 Å². The molecule has 18 heavy (non-hydrogen) atoms. The number of fused-ring (bicyclic) bond motifs is 1. The summed E-state index contributed by atoms with van der Waals surface area (Å²) in [4.78, 5) is 8.59. The Kier molecular flexibility index (Phi) is 4.11. The number of aromatic nitrogens is 1. The number of para-hydroxylation sites is 1. The maximum Gasteiger partial charge on any atom is 0.210 e. The molecule has 0 aliphatic carbocycles. The summed E-state index contributed by atoms with van der Waals surface area (Å²) in [6.45, 7) is 2.59. The maximum atomic E-state index is 5.40. The molecule has 0 spiro atoms. The van der Waals surface area contributed by atoms with Crippen LogP contribution >= 0.6 is 15.9 Å². The zero-order valence-corrected chi connectivity index (χ0v) is 11.5. The second kappa shape index (κ2) is 5.79. The van der Waals surface area contributed by atoms with Crippen LogP contribution in [0.25, 0.3) is 10.9 Å². The minimum Gasteiger partial charge on any atom is -0.323 e. The number of nitrogens with two attached hydrogens (primary N) is 1. The first kappa shape index (κ1) is 12.8. The lowest BCUT2D eigenvalue weighted by Gasteiger charge is -2.10. The van der Waals surface area contributed by atoms with Gasteiger partial charge in [-0.15, -0.1) is 0 Å². The molecule has 1 heterocycles. The Morgan fingerprint density at radius 1 is 1.50 bits per heavy atom. The van der Waals surface area contributed by atoms with Crippen LogP contribution in [0, 0.1) is 0 Å². The van der Waals surface area contributed by atoms with Gasteiger partial charge in [0.1, 0.15) is 0 Å². The van der Waals surface area contributed by atoms with Crippen LogP contribution < -0.4 is 16.6 Å². The van der Waals surface area contributed by atoms with Crippen molar-refractivity contribution in [3.8, 4) is 0 Å². The Labute approximate surface area is 114 Å². The molecule has 0 bridgehead atoms. The zero-order valence-electron chi connectivity index (χ0n) is 9.94. The van der Waals surface area contributed by atoms with Crippen LogP contribution in [0.2, 0.25) is 0 Å². The summed E-state index contributed by atoms with van der Waals surface area (Å²) in [6.07, 6.45) is 1.76. The van der Waals surface area contributed by atoms with Gasteiger partial charge >= 0.3 is 0 Å². The van der Waals surface area contributed by atoms with E-state index in [1.807, 2.05) is 31.2 Å². The van der Waals surface area contributed by atoms with E-state index in [9.17, 15) is 0 Å². The van der Waals surface area contributed by atoms with E-state index >= 15 is 0 Å². The van der Waals surface area contributed by atoms with Crippen molar-refractivity contribution in [2.45, 2.75) is 6.92 Å². The summed E-state index contributed by atoms with van der Waals surface area (Å²) < 4.78 is 0.951. The Morgan fingerprint density at radius 3 is 3.06 bits per heavy atom. The monoisotopic (exact) mass is 307 g/mol. The Hall–Kier alpha value is -1.66. The number of pyridine rings is 1. The molecule has 94 valence electrons. The fourth-order valence-corrected chi connectivity index (χ4v) is 1.99. The molecule has 0 atom stereocenters. The van der Waals surface area contributed by atoms with E-state index < -0.39 is 0 Å². The molecule has 0 saturated heterocycles. The molecule has 0 aliphatic rings. The molecule has 0 radical (unpaired) electrons. The number of hydrogen-bond acceptors (Lipinski definition) is 3. The number of benzene rings is 1. The highest BCUT2D eigenvalue weighted by Crippen LogP contribution is 2.23. The summed E-state index contributed by atoms with van der Waals surface area (Å²) in [7, 11) is 0. The van der Waals surface area contributed by atoms with Gasteiger partial charge in [0.05, 0.1) is 11.2 Å². The maximum absolute atomic E-state index is 5.40. The molecule has 1 aromatic carbocycles. The number of rotatable bonds is 2. The largest absolute Gasteiger partial charge is 0.323 e. The van der Waals surface area contributed by atoms with Gasteiger partial charge in [0.15, 0.2) is 0 Å². The van der Waals surface area contributed by atoms with E-state index in [1.54, 1.807) is 6.20 Å². The lowest BCUT2D eigenvalue weighted by molar-refractivity contribution is 0.986. The van der Waals surface area contributed by atoms with Crippen LogP contribution in [0.4, 0.5) is 5.69 Å². The molecule has 5 nitrogen and oxygen atoms in total. The first-order valence-corrected chi connectivity index (χ1v) is 6.36. The summed E-state index contributed by atoms with van der Waals surface area (Å²) in [5.41, 5.74) is 4.27. The fourth-order valence-electron chi connectivity index (χ4n) is 1.64. The predicted octanol–water partition coefficient (Wildman–Crippen LogP) is 2.25. The Morgan fingerprint density at radius 2 is 2.33 bits per heavy atom. The van der Waals surface area contributed by atoms with Gasteiger partial charge in [0, 0.05) is 22.6 Å². The van der Waals surface area contributed by atoms with Crippen molar-refractivity contribution >= 4 is 38.5 Å². The molecule has 1 aromatic heterocycles. The van der Waals surface area contributed by atoms with Crippen molar-refractivity contribution in [3.05, 3.63) is 34.9 Å². The number of hydrogen-bond donors (Lipinski definition) is 3. The number of anilines is 1. The van der Waals surface area contributed by atoms with E-state index in [1.165, 1.54) is 0 Å². The third kappa shape index (κ3) is 2.77. The lowest BCUT2D eigenvalue weighted by Crippen LogP contribution is -2.36. The normalized spacial score (nSPS) is 11.6. The summed E-state index contributed by atoms with van der Waals surface area (Å²) in [6, 6.07) is 7.91. The molecular formula is C12H14BrN5. The highest BCUT2D eigenvalue weighted by atomic mass is 79.9. The van der Waals surface area contributed by atoms with Crippen LogP contribution in [-0.4, -0.2) is 17.5 Å². The quantitative estimate of drug-likeness (QED) is 0.344. The second-order valence-corrected chi connectivity index (χ2v) is 4.54. The minimum atomic E-state index is 0.523. The van der Waals surface area contributed by atoms with E-state index in [-0.39, 0.29) is 0 Å². The molecule has 0 fully saturated rings. The third-order valence-corrected chi connectivity index (χ3v) is 2.82. The number of hydrazine groups is 1. The molecular weight excluding hydrogens is 294 g/mol. The van der Waals surface area contributed by atoms with Crippen molar-refractivity contribution in [1.82, 2.24) is 10.4 Å². The third-order valence-electron chi connectivity index (χ3n) is 2.38. The number of guanidine groups is 1. The van der Waals surface area contributed by atoms with Crippen molar-refractivity contribution in [3.63, 3.8) is 0 Å². The van der Waals surface area contributed by atoms with Crippen LogP contribution in [0.1, 0.15) is 6.92 Å². The SMILES string of the molecule is CCN=C(NN)Nc1cccc2cc(Br)cnc12. The van der Waals surface area contributed by atoms with Crippen molar-refractivity contribution in [2.24, 2.45) is 10.8 Å². The molecule has 2 aromatic rings. The molecule has 4 N–H and O–H groups in total. The standard InChI is InChI=1S/C12H14BrN5/c1-2-15-12(18-14)17-10-5-3-4-8-6-9(13)7-16-11(8)10/h3-7H,2,14H2,1H3,(H2,15,17,18). The topological polar surface area (TPSA) is 75.3 Å². The smallest absolute Gasteiger partial charge is 0.210 e. The van der Waals surface area contributed by atoms with Gasteiger partial charge in [-0.2, -0.15) is 0 Å². The highest BCUT2D eigenvalue weighted by molar-refractivity contribution is 9.10. The van der Waals surface area contributed by atoms with Crippen molar-refractivity contribution < 1.29 is 0 Å². The second-order valence-electron chi connectivity index (χ2n) is 3.62. The fraction of sp³-hybridized carbons (Fsp3) is 0.167. The van der Waals surface area contributed by atoms with Crippen LogP contribution in [-0.2, 0) is 0 Å². The number of halogens is 1. The Bertz CT molecular complexity index is 582. The summed E-state index contributed by atoms with van der Waals surface area (Å²) in [5.74, 6) is 5.93. The van der Waals surface area contributed by atoms with Gasteiger partial charge in [-0.1, -0.05) is 12.1 Å². The highest BCUT2D eigenvalue weighted by Gasteiger charge is 2.04. The average molecular weight is 308 g/mol. The first-order chi connectivity index (χ1) is 8.74. The molecule has 2 rings (SSSR count). The average Bonchev–Trinajstić information content (AvgIpc) is 2.38. The van der Waals surface area contributed by atoms with E-state index in [2.05, 4.69) is 36.6 Å². The van der Waals surface area contributed by atoms with Gasteiger partial charge in [0.2, 0.25) is 5.96 Å². The van der Waals surface area contributed by atoms with Gasteiger partial charge < -0.3 is 5.32 Å². The van der Waals surface area contributed by atoms with Crippen LogP contribution in [0.5, 0.6) is 0 Å². The molecule has 0 aliphatic heterocycles. The number of nitrogens with one attached hydrogen (secondary N) is 2. The van der Waals surface area contributed by atoms with E-state index in [0.29, 0.717) is 12.5 Å². The van der Waals surface area contributed by atoms with Crippen molar-refractivity contribution in [1.29, 1.82) is 0 Å². The molecule has 6 heteroatoms. The van der Waals surface area contributed by atoms with Gasteiger partial charge in [-0.05, 0) is 35.0 Å². The number of aliphatic imine (C=N–C) groups is 1. The Balaban J connectivity index is 2.42. The molecule has 0 amide bonds. The molecule has 0 unspecified atom stereocenters. The summed E-state index contributed by atoms with van der Waals surface area (Å²) in [5, 5.41) is 4.17. The van der Waals surface area contributed by atoms with Gasteiger partial charge in [-0.25, -0.2) is 5.84 Å². The lowest BCUT2D eigenvalue weighted by atomic mass is 10.2. The van der Waals surface area contributed by atoms with E-state index in [0.717, 1.165) is 21.1 Å². The van der Waals surface area contributed by atoms with Gasteiger partial charge in [-0.3, -0.25) is 15.4 Å². The van der Waals surface area contributed by atoms with Crippen LogP contribution in [0.15, 0.2) is 39.9 Å². The zero-order chi connectivity index (χ0) is 13.0. The van der Waals surface area contributed by atoms with E-state index in [4.69, 9.17) is 5.84 Å². The van der Waals surface area contributed by atoms with Crippen LogP contribution in [0.3, 0.4) is 0 Å². The van der Waals surface area contributed by atoms with Crippen molar-refractivity contribution in [2.75, 3.05) is 11.9 Å².